The fourth-order valence-corrected chi connectivity index (χ4v) is 2.54. The van der Waals surface area contributed by atoms with Gasteiger partial charge in [-0.3, -0.25) is 9.80 Å². The van der Waals surface area contributed by atoms with Crippen LogP contribution in [0.5, 0.6) is 0 Å². The number of rotatable bonds is 5. The summed E-state index contributed by atoms with van der Waals surface area (Å²) in [6.45, 7) is 2.78. The number of hydrazone groups is 1. The monoisotopic (exact) mass is 327 g/mol. The first-order valence-corrected chi connectivity index (χ1v) is 7.91. The Hall–Kier alpha value is -2.33. The highest BCUT2D eigenvalue weighted by Crippen LogP contribution is 2.34. The first-order chi connectivity index (χ1) is 11.1. The number of carbonyl (C=O) groups is 1. The Morgan fingerprint density at radius 2 is 1.91 bits per heavy atom. The number of hydrogen-bond acceptors (Lipinski definition) is 3. The largest absolute Gasteiger partial charge is 0.326 e. The van der Waals surface area contributed by atoms with Crippen molar-refractivity contribution in [3.63, 3.8) is 0 Å². The molecule has 0 radical (unpaired) electrons. The lowest BCUT2D eigenvalue weighted by molar-refractivity contribution is -0.115. The number of amides is 1. The number of carbonyl (C=O) groups excluding carboxylic acids is 1. The first-order valence-electron chi connectivity index (χ1n) is 7.53. The van der Waals surface area contributed by atoms with Crippen LogP contribution in [0.4, 0.5) is 5.69 Å². The van der Waals surface area contributed by atoms with E-state index in [1.54, 1.807) is 24.3 Å². The van der Waals surface area contributed by atoms with Crippen LogP contribution in [0.25, 0.3) is 0 Å². The molecule has 2 aromatic carbocycles. The van der Waals surface area contributed by atoms with Crippen LogP contribution in [-0.2, 0) is 4.79 Å². The second kappa shape index (κ2) is 6.84. The van der Waals surface area contributed by atoms with Gasteiger partial charge in [0.25, 0.3) is 0 Å². The van der Waals surface area contributed by atoms with Crippen molar-refractivity contribution in [2.75, 3.05) is 11.9 Å². The SMILES string of the molecule is C/C(CC(=O)Nc1ccc(Cl)cc1)=N\N1CC1c1ccccc1. The summed E-state index contributed by atoms with van der Waals surface area (Å²) >= 11 is 5.82. The Morgan fingerprint density at radius 3 is 2.61 bits per heavy atom. The van der Waals surface area contributed by atoms with E-state index in [0.29, 0.717) is 11.1 Å². The zero-order chi connectivity index (χ0) is 16.2. The Bertz CT molecular complexity index is 713. The normalized spacial score (nSPS) is 17.0. The van der Waals surface area contributed by atoms with E-state index in [1.807, 2.05) is 30.1 Å². The molecule has 0 aliphatic carbocycles. The Kier molecular flexibility index (Phi) is 4.63. The highest BCUT2D eigenvalue weighted by atomic mass is 35.5. The van der Waals surface area contributed by atoms with Crippen LogP contribution in [-0.4, -0.2) is 23.2 Å². The van der Waals surface area contributed by atoms with E-state index in [9.17, 15) is 4.79 Å². The van der Waals surface area contributed by atoms with Gasteiger partial charge in [0.05, 0.1) is 19.0 Å². The molecule has 0 spiro atoms. The van der Waals surface area contributed by atoms with Crippen molar-refractivity contribution in [3.05, 3.63) is 65.2 Å². The number of anilines is 1. The van der Waals surface area contributed by atoms with Crippen LogP contribution >= 0.6 is 11.6 Å². The van der Waals surface area contributed by atoms with E-state index in [1.165, 1.54) is 5.56 Å². The number of halogens is 1. The molecule has 1 amide bonds. The smallest absolute Gasteiger partial charge is 0.230 e. The molecule has 1 saturated heterocycles. The molecule has 1 unspecified atom stereocenters. The quantitative estimate of drug-likeness (QED) is 0.663. The second-order valence-corrected chi connectivity index (χ2v) is 6.05. The lowest BCUT2D eigenvalue weighted by Crippen LogP contribution is -2.15. The number of hydrogen-bond donors (Lipinski definition) is 1. The summed E-state index contributed by atoms with van der Waals surface area (Å²) in [7, 11) is 0. The minimum Gasteiger partial charge on any atom is -0.326 e. The van der Waals surface area contributed by atoms with Crippen molar-refractivity contribution in [2.45, 2.75) is 19.4 Å². The van der Waals surface area contributed by atoms with Crippen molar-refractivity contribution in [2.24, 2.45) is 5.10 Å². The van der Waals surface area contributed by atoms with Gasteiger partial charge in [0.15, 0.2) is 0 Å². The summed E-state index contributed by atoms with van der Waals surface area (Å²) in [4.78, 5) is 12.0. The van der Waals surface area contributed by atoms with Gasteiger partial charge in [-0.25, -0.2) is 0 Å². The molecule has 0 bridgehead atoms. The highest BCUT2D eigenvalue weighted by Gasteiger charge is 2.34. The lowest BCUT2D eigenvalue weighted by Gasteiger charge is -2.06. The maximum atomic E-state index is 12.0. The van der Waals surface area contributed by atoms with Gasteiger partial charge in [-0.05, 0) is 36.8 Å². The van der Waals surface area contributed by atoms with Gasteiger partial charge in [-0.1, -0.05) is 41.9 Å². The molecule has 1 aliphatic rings. The molecule has 1 fully saturated rings. The third-order valence-electron chi connectivity index (χ3n) is 3.61. The average Bonchev–Trinajstić information content (AvgIpc) is 3.29. The van der Waals surface area contributed by atoms with Gasteiger partial charge in [-0.15, -0.1) is 0 Å². The molecule has 23 heavy (non-hydrogen) atoms. The van der Waals surface area contributed by atoms with E-state index in [0.717, 1.165) is 17.9 Å². The van der Waals surface area contributed by atoms with Crippen molar-refractivity contribution < 1.29 is 4.79 Å². The standard InChI is InChI=1S/C18H18ClN3O/c1-13(11-18(23)20-16-9-7-15(19)8-10-16)21-22-12-17(22)14-5-3-2-4-6-14/h2-10,17H,11-12H2,1H3,(H,20,23)/b21-13+. The highest BCUT2D eigenvalue weighted by molar-refractivity contribution is 6.30. The van der Waals surface area contributed by atoms with Gasteiger partial charge in [0.1, 0.15) is 0 Å². The first kappa shape index (κ1) is 15.6. The Labute approximate surface area is 140 Å². The molecule has 1 aliphatic heterocycles. The molecule has 1 atom stereocenters. The molecule has 0 aromatic heterocycles. The molecule has 5 heteroatoms. The third-order valence-corrected chi connectivity index (χ3v) is 3.87. The Morgan fingerprint density at radius 1 is 1.22 bits per heavy atom. The summed E-state index contributed by atoms with van der Waals surface area (Å²) in [5, 5.41) is 10.00. The van der Waals surface area contributed by atoms with Gasteiger partial charge in [-0.2, -0.15) is 5.10 Å². The molecule has 3 rings (SSSR count). The zero-order valence-corrected chi connectivity index (χ0v) is 13.6. The number of nitrogens with one attached hydrogen (secondary N) is 1. The van der Waals surface area contributed by atoms with E-state index in [4.69, 9.17) is 11.6 Å². The molecular weight excluding hydrogens is 310 g/mol. The minimum absolute atomic E-state index is 0.0771. The van der Waals surface area contributed by atoms with E-state index in [-0.39, 0.29) is 12.3 Å². The molecular formula is C18H18ClN3O. The molecule has 2 aromatic rings. The summed E-state index contributed by atoms with van der Waals surface area (Å²) < 4.78 is 0. The van der Waals surface area contributed by atoms with Crippen LogP contribution in [0, 0.1) is 0 Å². The zero-order valence-electron chi connectivity index (χ0n) is 12.9. The second-order valence-electron chi connectivity index (χ2n) is 5.62. The van der Waals surface area contributed by atoms with Crippen LogP contribution in [0.2, 0.25) is 5.02 Å². The summed E-state index contributed by atoms with van der Waals surface area (Å²) in [6.07, 6.45) is 0.278. The number of nitrogens with zero attached hydrogens (tertiary/aromatic N) is 2. The lowest BCUT2D eigenvalue weighted by atomic mass is 10.2. The summed E-state index contributed by atoms with van der Waals surface area (Å²) in [6, 6.07) is 17.7. The summed E-state index contributed by atoms with van der Waals surface area (Å²) in [5.41, 5.74) is 2.80. The van der Waals surface area contributed by atoms with Gasteiger partial charge < -0.3 is 5.32 Å². The molecule has 1 N–H and O–H groups in total. The maximum absolute atomic E-state index is 12.0. The molecule has 1 heterocycles. The fourth-order valence-electron chi connectivity index (χ4n) is 2.42. The third kappa shape index (κ3) is 4.33. The topological polar surface area (TPSA) is 44.5 Å². The van der Waals surface area contributed by atoms with Crippen LogP contribution in [0.15, 0.2) is 59.7 Å². The minimum atomic E-state index is -0.0771. The fraction of sp³-hybridized carbons (Fsp3) is 0.222. The number of benzene rings is 2. The van der Waals surface area contributed by atoms with E-state index >= 15 is 0 Å². The maximum Gasteiger partial charge on any atom is 0.230 e. The predicted molar refractivity (Wildman–Crippen MR) is 93.7 cm³/mol. The van der Waals surface area contributed by atoms with Crippen LogP contribution in [0.3, 0.4) is 0 Å². The van der Waals surface area contributed by atoms with Crippen LogP contribution in [0.1, 0.15) is 24.9 Å². The van der Waals surface area contributed by atoms with E-state index < -0.39 is 0 Å². The molecule has 118 valence electrons. The van der Waals surface area contributed by atoms with Gasteiger partial charge in [0, 0.05) is 16.4 Å². The van der Waals surface area contributed by atoms with Gasteiger partial charge >= 0.3 is 0 Å². The van der Waals surface area contributed by atoms with Crippen molar-refractivity contribution in [1.29, 1.82) is 0 Å². The molecule has 4 nitrogen and oxygen atoms in total. The predicted octanol–water partition coefficient (Wildman–Crippen LogP) is 4.10. The molecule has 0 saturated carbocycles. The van der Waals surface area contributed by atoms with Crippen molar-refractivity contribution in [1.82, 2.24) is 5.01 Å². The van der Waals surface area contributed by atoms with Crippen molar-refractivity contribution >= 4 is 28.9 Å². The van der Waals surface area contributed by atoms with Crippen molar-refractivity contribution in [3.8, 4) is 0 Å². The average molecular weight is 328 g/mol. The van der Waals surface area contributed by atoms with E-state index in [2.05, 4.69) is 22.6 Å². The van der Waals surface area contributed by atoms with Crippen LogP contribution < -0.4 is 5.32 Å². The summed E-state index contributed by atoms with van der Waals surface area (Å²) in [5.74, 6) is -0.0771. The van der Waals surface area contributed by atoms with Gasteiger partial charge in [0.2, 0.25) is 5.91 Å². The Balaban J connectivity index is 1.52.